The van der Waals surface area contributed by atoms with E-state index in [0.29, 0.717) is 0 Å². The van der Waals surface area contributed by atoms with Crippen LogP contribution in [0, 0.1) is 0 Å². The first-order valence-corrected chi connectivity index (χ1v) is 12.7. The van der Waals surface area contributed by atoms with E-state index in [4.69, 9.17) is 18.7 Å². The Morgan fingerprint density at radius 1 is 0.730 bits per heavy atom. The van der Waals surface area contributed by atoms with Crippen molar-refractivity contribution in [2.45, 2.75) is 38.9 Å². The largest absolute Gasteiger partial charge is 0.495 e. The van der Waals surface area contributed by atoms with Crippen molar-refractivity contribution in [2.24, 2.45) is 0 Å². The maximum Gasteiger partial charge on any atom is 0.495 e. The van der Waals surface area contributed by atoms with Crippen molar-refractivity contribution in [1.29, 1.82) is 0 Å². The van der Waals surface area contributed by atoms with E-state index in [1.54, 1.807) is 0 Å². The van der Waals surface area contributed by atoms with Gasteiger partial charge < -0.3 is 13.7 Å². The molecule has 0 spiro atoms. The molecule has 0 saturated carbocycles. The van der Waals surface area contributed by atoms with Gasteiger partial charge in [0, 0.05) is 22.0 Å². The van der Waals surface area contributed by atoms with Crippen molar-refractivity contribution in [3.05, 3.63) is 91.0 Å². The van der Waals surface area contributed by atoms with Crippen LogP contribution in [0.4, 0.5) is 0 Å². The second-order valence-corrected chi connectivity index (χ2v) is 10.7. The van der Waals surface area contributed by atoms with Crippen LogP contribution in [0.2, 0.25) is 0 Å². The third-order valence-corrected chi connectivity index (χ3v) is 7.87. The minimum Gasteiger partial charge on any atom is -0.456 e. The molecule has 6 heteroatoms. The number of furan rings is 1. The number of nitrogens with zero attached hydrogens (tertiary/aromatic N) is 2. The van der Waals surface area contributed by atoms with Crippen molar-refractivity contribution < 1.29 is 13.7 Å². The Bertz CT molecular complexity index is 1780. The van der Waals surface area contributed by atoms with Gasteiger partial charge in [0.25, 0.3) is 0 Å². The summed E-state index contributed by atoms with van der Waals surface area (Å²) in [6.07, 6.45) is 0. The van der Waals surface area contributed by atoms with Gasteiger partial charge in [-0.15, -0.1) is 0 Å². The maximum absolute atomic E-state index is 6.43. The molecule has 4 aromatic carbocycles. The summed E-state index contributed by atoms with van der Waals surface area (Å²) in [4.78, 5) is 5.05. The molecule has 37 heavy (non-hydrogen) atoms. The Morgan fingerprint density at radius 3 is 2.24 bits per heavy atom. The molecule has 0 atom stereocenters. The number of imidazole rings is 1. The summed E-state index contributed by atoms with van der Waals surface area (Å²) in [7, 11) is -0.480. The van der Waals surface area contributed by atoms with Crippen LogP contribution in [-0.2, 0) is 9.31 Å². The average molecular weight is 486 g/mol. The monoisotopic (exact) mass is 486 g/mol. The SMILES string of the molecule is CC1(C)OB(c2cccc3oc4ccc(-c5nc6ccccc6n5-c5ccccc5)cc4c23)OC1(C)C. The molecule has 1 saturated heterocycles. The van der Waals surface area contributed by atoms with Crippen molar-refractivity contribution in [3.8, 4) is 17.1 Å². The van der Waals surface area contributed by atoms with Crippen molar-refractivity contribution in [3.63, 3.8) is 0 Å². The van der Waals surface area contributed by atoms with E-state index in [1.807, 2.05) is 30.3 Å². The summed E-state index contributed by atoms with van der Waals surface area (Å²) in [6, 6.07) is 31.0. The lowest BCUT2D eigenvalue weighted by Crippen LogP contribution is -2.41. The second-order valence-electron chi connectivity index (χ2n) is 10.7. The Labute approximate surface area is 215 Å². The number of benzene rings is 4. The zero-order valence-electron chi connectivity index (χ0n) is 21.4. The first kappa shape index (κ1) is 22.3. The Balaban J connectivity index is 1.45. The number of aromatic nitrogens is 2. The first-order chi connectivity index (χ1) is 17.8. The van der Waals surface area contributed by atoms with Crippen LogP contribution in [0.25, 0.3) is 50.0 Å². The Morgan fingerprint density at radius 2 is 1.46 bits per heavy atom. The van der Waals surface area contributed by atoms with E-state index in [2.05, 4.69) is 92.9 Å². The Kier molecular flexibility index (Phi) is 4.72. The molecule has 0 unspecified atom stereocenters. The summed E-state index contributed by atoms with van der Waals surface area (Å²) in [5.74, 6) is 0.886. The van der Waals surface area contributed by atoms with Gasteiger partial charge >= 0.3 is 7.12 Å². The van der Waals surface area contributed by atoms with E-state index in [9.17, 15) is 0 Å². The second kappa shape index (κ2) is 7.82. The molecule has 6 aromatic rings. The van der Waals surface area contributed by atoms with Gasteiger partial charge in [0.05, 0.1) is 22.2 Å². The van der Waals surface area contributed by atoms with Gasteiger partial charge in [0.15, 0.2) is 0 Å². The third-order valence-electron chi connectivity index (χ3n) is 7.87. The fourth-order valence-electron chi connectivity index (χ4n) is 5.22. The average Bonchev–Trinajstić information content (AvgIpc) is 3.52. The number of fused-ring (bicyclic) bond motifs is 4. The van der Waals surface area contributed by atoms with Crippen LogP contribution in [-0.4, -0.2) is 27.9 Å². The molecule has 0 amide bonds. The molecule has 1 fully saturated rings. The number of para-hydroxylation sites is 3. The third kappa shape index (κ3) is 3.36. The van der Waals surface area contributed by atoms with Gasteiger partial charge in [0.1, 0.15) is 17.0 Å². The lowest BCUT2D eigenvalue weighted by atomic mass is 9.76. The predicted octanol–water partition coefficient (Wildman–Crippen LogP) is 6.89. The quantitative estimate of drug-likeness (QED) is 0.256. The molecule has 5 nitrogen and oxygen atoms in total. The summed E-state index contributed by atoms with van der Waals surface area (Å²) < 4.78 is 21.4. The highest BCUT2D eigenvalue weighted by Gasteiger charge is 2.52. The van der Waals surface area contributed by atoms with Gasteiger partial charge in [-0.05, 0) is 81.7 Å². The zero-order valence-corrected chi connectivity index (χ0v) is 21.4. The summed E-state index contributed by atoms with van der Waals surface area (Å²) >= 11 is 0. The fourth-order valence-corrected chi connectivity index (χ4v) is 5.22. The van der Waals surface area contributed by atoms with Gasteiger partial charge in [0.2, 0.25) is 0 Å². The summed E-state index contributed by atoms with van der Waals surface area (Å²) in [5.41, 5.74) is 5.87. The van der Waals surface area contributed by atoms with Crippen molar-refractivity contribution in [2.75, 3.05) is 0 Å². The van der Waals surface area contributed by atoms with Crippen LogP contribution >= 0.6 is 0 Å². The maximum atomic E-state index is 6.43. The van der Waals surface area contributed by atoms with E-state index in [1.165, 1.54) is 0 Å². The smallest absolute Gasteiger partial charge is 0.456 e. The molecule has 3 heterocycles. The number of hydrogen-bond acceptors (Lipinski definition) is 4. The predicted molar refractivity (Wildman–Crippen MR) is 149 cm³/mol. The molecular weight excluding hydrogens is 459 g/mol. The summed E-state index contributed by atoms with van der Waals surface area (Å²) in [6.45, 7) is 8.30. The number of rotatable bonds is 3. The van der Waals surface area contributed by atoms with Gasteiger partial charge in [-0.2, -0.15) is 0 Å². The minimum atomic E-state index is -0.480. The van der Waals surface area contributed by atoms with Crippen LogP contribution < -0.4 is 5.46 Å². The molecule has 1 aliphatic rings. The highest BCUT2D eigenvalue weighted by Crippen LogP contribution is 2.39. The standard InChI is InChI=1S/C31H27BN2O3/c1-30(2)31(3,4)37-32(36-30)23-13-10-16-27-28(23)22-19-20(17-18-26(22)35-27)29-33-24-14-8-9-15-25(24)34(29)21-11-6-5-7-12-21/h5-19H,1-4H3. The lowest BCUT2D eigenvalue weighted by Gasteiger charge is -2.32. The molecule has 0 N–H and O–H groups in total. The Hall–Kier alpha value is -3.87. The molecule has 7 rings (SSSR count). The van der Waals surface area contributed by atoms with Crippen LogP contribution in [0.5, 0.6) is 0 Å². The van der Waals surface area contributed by atoms with E-state index in [0.717, 1.165) is 55.5 Å². The molecule has 0 radical (unpaired) electrons. The minimum absolute atomic E-state index is 0.426. The molecular formula is C31H27BN2O3. The lowest BCUT2D eigenvalue weighted by molar-refractivity contribution is 0.00578. The van der Waals surface area contributed by atoms with Crippen molar-refractivity contribution >= 4 is 45.6 Å². The normalized spacial score (nSPS) is 16.8. The zero-order chi connectivity index (χ0) is 25.4. The van der Waals surface area contributed by atoms with Gasteiger partial charge in [-0.1, -0.05) is 42.5 Å². The van der Waals surface area contributed by atoms with Gasteiger partial charge in [-0.3, -0.25) is 4.57 Å². The highest BCUT2D eigenvalue weighted by atomic mass is 16.7. The van der Waals surface area contributed by atoms with E-state index < -0.39 is 18.3 Å². The number of hydrogen-bond donors (Lipinski definition) is 0. The fraction of sp³-hybridized carbons (Fsp3) is 0.194. The molecule has 0 aliphatic carbocycles. The van der Waals surface area contributed by atoms with Crippen LogP contribution in [0.15, 0.2) is 95.4 Å². The van der Waals surface area contributed by atoms with Gasteiger partial charge in [-0.25, -0.2) is 4.98 Å². The van der Waals surface area contributed by atoms with E-state index in [-0.39, 0.29) is 0 Å². The topological polar surface area (TPSA) is 49.4 Å². The first-order valence-electron chi connectivity index (χ1n) is 12.7. The summed E-state index contributed by atoms with van der Waals surface area (Å²) in [5, 5.41) is 2.03. The molecule has 2 aromatic heterocycles. The molecule has 0 bridgehead atoms. The van der Waals surface area contributed by atoms with Crippen LogP contribution in [0.3, 0.4) is 0 Å². The highest BCUT2D eigenvalue weighted by molar-refractivity contribution is 6.66. The van der Waals surface area contributed by atoms with E-state index >= 15 is 0 Å². The van der Waals surface area contributed by atoms with Crippen LogP contribution in [0.1, 0.15) is 27.7 Å². The van der Waals surface area contributed by atoms with Crippen molar-refractivity contribution in [1.82, 2.24) is 9.55 Å². The molecule has 1 aliphatic heterocycles. The molecule has 182 valence electrons.